The second kappa shape index (κ2) is 6.53. The average Bonchev–Trinajstić information content (AvgIpc) is 2.91. The zero-order chi connectivity index (χ0) is 18.1. The molecular weight excluding hydrogens is 320 g/mol. The van der Waals surface area contributed by atoms with Gasteiger partial charge in [0.15, 0.2) is 23.0 Å². The number of hydrogen-bond donors (Lipinski definition) is 2. The lowest BCUT2D eigenvalue weighted by Gasteiger charge is -2.16. The van der Waals surface area contributed by atoms with E-state index in [4.69, 9.17) is 14.2 Å². The van der Waals surface area contributed by atoms with E-state index in [1.54, 1.807) is 36.4 Å². The van der Waals surface area contributed by atoms with E-state index in [1.807, 2.05) is 0 Å². The summed E-state index contributed by atoms with van der Waals surface area (Å²) in [5.41, 5.74) is 3.14. The minimum atomic E-state index is -0.396. The summed E-state index contributed by atoms with van der Waals surface area (Å²) in [6, 6.07) is 10.1. The van der Waals surface area contributed by atoms with Gasteiger partial charge in [0.25, 0.3) is 0 Å². The van der Waals surface area contributed by atoms with Crippen LogP contribution in [0.1, 0.15) is 23.3 Å². The van der Waals surface area contributed by atoms with Crippen LogP contribution >= 0.6 is 0 Å². The number of ether oxygens (including phenoxy) is 3. The highest BCUT2D eigenvalue weighted by Gasteiger charge is 2.35. The number of benzene rings is 2. The molecule has 0 bridgehead atoms. The smallest absolute Gasteiger partial charge is 0.160 e. The molecule has 2 atom stereocenters. The van der Waals surface area contributed by atoms with Crippen molar-refractivity contribution >= 4 is 0 Å². The molecule has 1 aliphatic rings. The van der Waals surface area contributed by atoms with E-state index in [0.717, 1.165) is 22.3 Å². The van der Waals surface area contributed by atoms with Crippen LogP contribution in [0.5, 0.6) is 23.0 Å². The van der Waals surface area contributed by atoms with E-state index in [-0.39, 0.29) is 11.5 Å². The zero-order valence-corrected chi connectivity index (χ0v) is 14.2. The Labute approximate surface area is 146 Å². The Hall–Kier alpha value is -2.92. The predicted molar refractivity (Wildman–Crippen MR) is 94.2 cm³/mol. The van der Waals surface area contributed by atoms with Gasteiger partial charge in [0.2, 0.25) is 0 Å². The van der Waals surface area contributed by atoms with Gasteiger partial charge in [-0.05, 0) is 46.5 Å². The second-order valence-corrected chi connectivity index (χ2v) is 5.81. The molecule has 2 aromatic carbocycles. The standard InChI is InChI=1S/C20H20O5/c1-11-12(2)20(14-6-8-16(22)18(10-14)24-4)25-19(11)13-5-7-15(21)17(9-13)23-3/h5-10,19-22H,1-2H2,3-4H3/t19-,20-/m0/s1. The molecule has 0 aromatic heterocycles. The minimum absolute atomic E-state index is 0.0634. The third-order valence-corrected chi connectivity index (χ3v) is 4.33. The quantitative estimate of drug-likeness (QED) is 0.879. The maximum atomic E-state index is 9.77. The van der Waals surface area contributed by atoms with Crippen molar-refractivity contribution in [2.75, 3.05) is 14.2 Å². The summed E-state index contributed by atoms with van der Waals surface area (Å²) in [7, 11) is 2.99. The van der Waals surface area contributed by atoms with E-state index in [9.17, 15) is 10.2 Å². The first-order chi connectivity index (χ1) is 12.0. The van der Waals surface area contributed by atoms with Crippen LogP contribution in [0, 0.1) is 0 Å². The third-order valence-electron chi connectivity index (χ3n) is 4.33. The van der Waals surface area contributed by atoms with Crippen molar-refractivity contribution in [3.63, 3.8) is 0 Å². The SMILES string of the molecule is C=C1C(=C)[C@@H](c2ccc(O)c(OC)c2)O[C@@H]1c1ccc(O)c(OC)c1. The number of phenolic OH excluding ortho intramolecular Hbond substituents is 2. The number of methoxy groups -OCH3 is 2. The predicted octanol–water partition coefficient (Wildman–Crippen LogP) is 4.04. The van der Waals surface area contributed by atoms with Gasteiger partial charge in [0.1, 0.15) is 12.2 Å². The zero-order valence-electron chi connectivity index (χ0n) is 14.2. The monoisotopic (exact) mass is 340 g/mol. The van der Waals surface area contributed by atoms with Gasteiger partial charge in [0.05, 0.1) is 14.2 Å². The summed E-state index contributed by atoms with van der Waals surface area (Å²) in [6.07, 6.45) is -0.793. The summed E-state index contributed by atoms with van der Waals surface area (Å²) in [5.74, 6) is 0.866. The van der Waals surface area contributed by atoms with Crippen molar-refractivity contribution in [1.82, 2.24) is 0 Å². The van der Waals surface area contributed by atoms with Gasteiger partial charge in [-0.1, -0.05) is 25.3 Å². The van der Waals surface area contributed by atoms with E-state index in [0.29, 0.717) is 11.5 Å². The van der Waals surface area contributed by atoms with Crippen molar-refractivity contribution in [2.45, 2.75) is 12.2 Å². The van der Waals surface area contributed by atoms with Crippen LogP contribution in [0.4, 0.5) is 0 Å². The molecule has 1 saturated heterocycles. The first-order valence-electron chi connectivity index (χ1n) is 7.73. The van der Waals surface area contributed by atoms with Crippen LogP contribution < -0.4 is 9.47 Å². The number of aromatic hydroxyl groups is 2. The fraction of sp³-hybridized carbons (Fsp3) is 0.200. The van der Waals surface area contributed by atoms with Gasteiger partial charge in [-0.2, -0.15) is 0 Å². The number of phenols is 2. The average molecular weight is 340 g/mol. The van der Waals surface area contributed by atoms with E-state index in [1.165, 1.54) is 14.2 Å². The molecule has 25 heavy (non-hydrogen) atoms. The lowest BCUT2D eigenvalue weighted by atomic mass is 9.95. The Bertz CT molecular complexity index is 770. The van der Waals surface area contributed by atoms with Gasteiger partial charge in [-0.15, -0.1) is 0 Å². The van der Waals surface area contributed by atoms with Crippen molar-refractivity contribution in [3.8, 4) is 23.0 Å². The van der Waals surface area contributed by atoms with Gasteiger partial charge in [0, 0.05) is 0 Å². The minimum Gasteiger partial charge on any atom is -0.504 e. The summed E-state index contributed by atoms with van der Waals surface area (Å²) < 4.78 is 16.5. The molecule has 0 amide bonds. The van der Waals surface area contributed by atoms with Crippen molar-refractivity contribution in [3.05, 3.63) is 71.8 Å². The first-order valence-corrected chi connectivity index (χ1v) is 7.73. The fourth-order valence-corrected chi connectivity index (χ4v) is 2.91. The summed E-state index contributed by atoms with van der Waals surface area (Å²) in [5, 5.41) is 19.5. The Morgan fingerprint density at radius 3 is 1.56 bits per heavy atom. The Balaban J connectivity index is 1.94. The molecule has 5 heteroatoms. The van der Waals surface area contributed by atoms with Crippen LogP contribution in [0.15, 0.2) is 60.7 Å². The van der Waals surface area contributed by atoms with Crippen LogP contribution in [-0.2, 0) is 4.74 Å². The molecule has 0 spiro atoms. The molecule has 1 fully saturated rings. The number of hydrogen-bond acceptors (Lipinski definition) is 5. The Kier molecular flexibility index (Phi) is 4.42. The van der Waals surface area contributed by atoms with Crippen LogP contribution in [0.25, 0.3) is 0 Å². The first kappa shape index (κ1) is 16.9. The molecule has 0 unspecified atom stereocenters. The molecule has 1 heterocycles. The summed E-state index contributed by atoms with van der Waals surface area (Å²) in [6.45, 7) is 8.20. The maximum Gasteiger partial charge on any atom is 0.160 e. The van der Waals surface area contributed by atoms with Crippen molar-refractivity contribution in [2.24, 2.45) is 0 Å². The summed E-state index contributed by atoms with van der Waals surface area (Å²) >= 11 is 0. The molecule has 2 N–H and O–H groups in total. The normalized spacial score (nSPS) is 19.9. The lowest BCUT2D eigenvalue weighted by Crippen LogP contribution is -2.01. The van der Waals surface area contributed by atoms with Crippen molar-refractivity contribution in [1.29, 1.82) is 0 Å². The lowest BCUT2D eigenvalue weighted by molar-refractivity contribution is 0.0626. The van der Waals surface area contributed by atoms with Gasteiger partial charge >= 0.3 is 0 Å². The Morgan fingerprint density at radius 1 is 0.800 bits per heavy atom. The molecule has 3 rings (SSSR count). The van der Waals surface area contributed by atoms with Gasteiger partial charge in [-0.3, -0.25) is 0 Å². The Morgan fingerprint density at radius 2 is 1.20 bits per heavy atom. The maximum absolute atomic E-state index is 9.77. The van der Waals surface area contributed by atoms with E-state index < -0.39 is 12.2 Å². The summed E-state index contributed by atoms with van der Waals surface area (Å²) in [4.78, 5) is 0. The second-order valence-electron chi connectivity index (χ2n) is 5.81. The van der Waals surface area contributed by atoms with Gasteiger partial charge < -0.3 is 24.4 Å². The molecule has 2 aromatic rings. The highest BCUT2D eigenvalue weighted by molar-refractivity contribution is 5.51. The molecule has 0 saturated carbocycles. The molecule has 1 aliphatic heterocycles. The third kappa shape index (κ3) is 2.94. The highest BCUT2D eigenvalue weighted by Crippen LogP contribution is 2.49. The molecular formula is C20H20O5. The largest absolute Gasteiger partial charge is 0.504 e. The van der Waals surface area contributed by atoms with Crippen molar-refractivity contribution < 1.29 is 24.4 Å². The molecule has 130 valence electrons. The highest BCUT2D eigenvalue weighted by atomic mass is 16.5. The van der Waals surface area contributed by atoms with Crippen LogP contribution in [0.3, 0.4) is 0 Å². The van der Waals surface area contributed by atoms with Crippen LogP contribution in [-0.4, -0.2) is 24.4 Å². The molecule has 0 aliphatic carbocycles. The molecule has 5 nitrogen and oxygen atoms in total. The number of rotatable bonds is 4. The fourth-order valence-electron chi connectivity index (χ4n) is 2.91. The van der Waals surface area contributed by atoms with Gasteiger partial charge in [-0.25, -0.2) is 0 Å². The topological polar surface area (TPSA) is 68.2 Å². The van der Waals surface area contributed by atoms with Crippen LogP contribution in [0.2, 0.25) is 0 Å². The van der Waals surface area contributed by atoms with E-state index >= 15 is 0 Å². The molecule has 0 radical (unpaired) electrons. The van der Waals surface area contributed by atoms with E-state index in [2.05, 4.69) is 13.2 Å².